The number of hydrogen-bond donors (Lipinski definition) is 1. The molecule has 21 heavy (non-hydrogen) atoms. The molecule has 0 saturated carbocycles. The van der Waals surface area contributed by atoms with Crippen molar-refractivity contribution in [3.8, 4) is 18.1 Å². The fourth-order valence-electron chi connectivity index (χ4n) is 1.74. The number of aliphatic hydroxyl groups is 1. The van der Waals surface area contributed by atoms with Gasteiger partial charge in [0.2, 0.25) is 0 Å². The lowest BCUT2D eigenvalue weighted by Gasteiger charge is -2.26. The van der Waals surface area contributed by atoms with Crippen LogP contribution in [-0.4, -0.2) is 43.6 Å². The molecule has 0 saturated heterocycles. The van der Waals surface area contributed by atoms with Crippen molar-refractivity contribution < 1.29 is 14.6 Å². The van der Waals surface area contributed by atoms with Crippen LogP contribution < -0.4 is 9.64 Å². The van der Waals surface area contributed by atoms with Crippen molar-refractivity contribution in [2.24, 2.45) is 0 Å². The molecule has 1 N–H and O–H groups in total. The minimum Gasteiger partial charge on any atom is -0.481 e. The normalized spacial score (nSPS) is 12.6. The summed E-state index contributed by atoms with van der Waals surface area (Å²) in [7, 11) is 1.93. The quantitative estimate of drug-likeness (QED) is 0.783. The predicted molar refractivity (Wildman–Crippen MR) is 85.8 cm³/mol. The molecule has 0 aliphatic rings. The van der Waals surface area contributed by atoms with Crippen LogP contribution in [0.3, 0.4) is 0 Å². The van der Waals surface area contributed by atoms with E-state index in [1.807, 2.05) is 57.0 Å². The summed E-state index contributed by atoms with van der Waals surface area (Å²) >= 11 is 0. The van der Waals surface area contributed by atoms with Crippen LogP contribution >= 0.6 is 0 Å². The fraction of sp³-hybridized carbons (Fsp3) is 0.529. The Balaban J connectivity index is 2.47. The van der Waals surface area contributed by atoms with Crippen molar-refractivity contribution in [3.05, 3.63) is 24.3 Å². The van der Waals surface area contributed by atoms with E-state index < -0.39 is 6.10 Å². The average molecular weight is 291 g/mol. The topological polar surface area (TPSA) is 41.9 Å². The molecule has 0 heterocycles. The molecule has 1 aromatic carbocycles. The van der Waals surface area contributed by atoms with E-state index in [1.165, 1.54) is 0 Å². The second kappa shape index (κ2) is 7.92. The zero-order valence-corrected chi connectivity index (χ0v) is 13.3. The molecule has 0 aliphatic heterocycles. The van der Waals surface area contributed by atoms with Gasteiger partial charge in [0.05, 0.1) is 18.3 Å². The van der Waals surface area contributed by atoms with Gasteiger partial charge in [0.15, 0.2) is 0 Å². The molecule has 0 aromatic heterocycles. The second-order valence-electron chi connectivity index (χ2n) is 5.94. The summed E-state index contributed by atoms with van der Waals surface area (Å²) in [5.41, 5.74) is 0.758. The van der Waals surface area contributed by atoms with Crippen molar-refractivity contribution in [3.63, 3.8) is 0 Å². The van der Waals surface area contributed by atoms with Gasteiger partial charge in [-0.2, -0.15) is 0 Å². The van der Waals surface area contributed by atoms with E-state index in [0.717, 1.165) is 11.4 Å². The molecule has 0 fully saturated rings. The summed E-state index contributed by atoms with van der Waals surface area (Å²) < 4.78 is 10.9. The highest BCUT2D eigenvalue weighted by atomic mass is 16.5. The maximum Gasteiger partial charge on any atom is 0.148 e. The third kappa shape index (κ3) is 7.03. The van der Waals surface area contributed by atoms with Crippen LogP contribution in [0.2, 0.25) is 0 Å². The van der Waals surface area contributed by atoms with Crippen LogP contribution in [0.15, 0.2) is 24.3 Å². The fourth-order valence-corrected chi connectivity index (χ4v) is 1.74. The van der Waals surface area contributed by atoms with E-state index >= 15 is 0 Å². The zero-order valence-electron chi connectivity index (χ0n) is 13.3. The lowest BCUT2D eigenvalue weighted by Crippen LogP contribution is -2.34. The van der Waals surface area contributed by atoms with E-state index in [9.17, 15) is 5.11 Å². The first-order valence-electron chi connectivity index (χ1n) is 7.01. The number of hydrogen-bond acceptors (Lipinski definition) is 4. The summed E-state index contributed by atoms with van der Waals surface area (Å²) in [5.74, 6) is 3.16. The smallest absolute Gasteiger partial charge is 0.148 e. The highest BCUT2D eigenvalue weighted by molar-refractivity contribution is 5.48. The van der Waals surface area contributed by atoms with Gasteiger partial charge < -0.3 is 19.5 Å². The molecule has 1 unspecified atom stereocenters. The second-order valence-corrected chi connectivity index (χ2v) is 5.94. The number of aliphatic hydroxyl groups excluding tert-OH is 1. The van der Waals surface area contributed by atoms with E-state index in [1.54, 1.807) is 0 Å². The number of anilines is 1. The van der Waals surface area contributed by atoms with Gasteiger partial charge in [0, 0.05) is 19.3 Å². The van der Waals surface area contributed by atoms with Crippen LogP contribution in [0, 0.1) is 12.3 Å². The first-order chi connectivity index (χ1) is 9.81. The summed E-state index contributed by atoms with van der Waals surface area (Å²) in [4.78, 5) is 1.97. The van der Waals surface area contributed by atoms with Gasteiger partial charge in [-0.15, -0.1) is 6.42 Å². The highest BCUT2D eigenvalue weighted by Crippen LogP contribution is 2.19. The summed E-state index contributed by atoms with van der Waals surface area (Å²) in [6.07, 6.45) is 4.61. The Morgan fingerprint density at radius 1 is 1.29 bits per heavy atom. The lowest BCUT2D eigenvalue weighted by molar-refractivity contribution is -0.0461. The predicted octanol–water partition coefficient (Wildman–Crippen LogP) is 2.31. The van der Waals surface area contributed by atoms with E-state index in [-0.39, 0.29) is 12.2 Å². The minimum atomic E-state index is -0.536. The number of terminal acetylenes is 1. The van der Waals surface area contributed by atoms with Gasteiger partial charge in [0.25, 0.3) is 0 Å². The maximum atomic E-state index is 10.0. The van der Waals surface area contributed by atoms with Crippen LogP contribution in [0.5, 0.6) is 5.75 Å². The standard InChI is InChI=1S/C17H25NO3/c1-6-11-20-16-9-7-14(8-10-16)18(5)12-15(19)13-21-17(2,3)4/h1,7-10,15,19H,11-13H2,2-5H3. The Morgan fingerprint density at radius 2 is 1.90 bits per heavy atom. The number of likely N-dealkylation sites (N-methyl/N-ethyl adjacent to an activating group) is 1. The van der Waals surface area contributed by atoms with E-state index in [2.05, 4.69) is 5.92 Å². The van der Waals surface area contributed by atoms with Crippen molar-refractivity contribution in [1.29, 1.82) is 0 Å². The summed E-state index contributed by atoms with van der Waals surface area (Å²) in [6.45, 7) is 6.99. The number of benzene rings is 1. The Kier molecular flexibility index (Phi) is 6.54. The highest BCUT2D eigenvalue weighted by Gasteiger charge is 2.15. The monoisotopic (exact) mass is 291 g/mol. The zero-order chi connectivity index (χ0) is 15.9. The Bertz CT molecular complexity index is 456. The van der Waals surface area contributed by atoms with Gasteiger partial charge in [-0.05, 0) is 45.0 Å². The van der Waals surface area contributed by atoms with Gasteiger partial charge in [0.1, 0.15) is 12.4 Å². The summed E-state index contributed by atoms with van der Waals surface area (Å²) in [6, 6.07) is 7.59. The van der Waals surface area contributed by atoms with Crippen LogP contribution in [0.4, 0.5) is 5.69 Å². The molecule has 0 aliphatic carbocycles. The number of nitrogens with zero attached hydrogens (tertiary/aromatic N) is 1. The van der Waals surface area contributed by atoms with E-state index in [4.69, 9.17) is 15.9 Å². The van der Waals surface area contributed by atoms with Gasteiger partial charge in [-0.25, -0.2) is 0 Å². The molecular formula is C17H25NO3. The summed E-state index contributed by atoms with van der Waals surface area (Å²) in [5, 5.41) is 10.0. The molecule has 1 atom stereocenters. The van der Waals surface area contributed by atoms with Gasteiger partial charge in [-0.1, -0.05) is 5.92 Å². The molecule has 116 valence electrons. The van der Waals surface area contributed by atoms with Gasteiger partial charge >= 0.3 is 0 Å². The van der Waals surface area contributed by atoms with Crippen LogP contribution in [0.1, 0.15) is 20.8 Å². The SMILES string of the molecule is C#CCOc1ccc(N(C)CC(O)COC(C)(C)C)cc1. The molecule has 4 heteroatoms. The number of ether oxygens (including phenoxy) is 2. The molecule has 0 bridgehead atoms. The van der Waals surface area contributed by atoms with Gasteiger partial charge in [-0.3, -0.25) is 0 Å². The van der Waals surface area contributed by atoms with Crippen molar-refractivity contribution in [1.82, 2.24) is 0 Å². The minimum absolute atomic E-state index is 0.241. The molecule has 4 nitrogen and oxygen atoms in total. The number of rotatable bonds is 7. The largest absolute Gasteiger partial charge is 0.481 e. The Labute approximate surface area is 127 Å². The molecule has 1 rings (SSSR count). The average Bonchev–Trinajstić information content (AvgIpc) is 2.42. The Morgan fingerprint density at radius 3 is 2.43 bits per heavy atom. The molecular weight excluding hydrogens is 266 g/mol. The third-order valence-electron chi connectivity index (χ3n) is 2.79. The van der Waals surface area contributed by atoms with Crippen molar-refractivity contribution in [2.75, 3.05) is 31.7 Å². The third-order valence-corrected chi connectivity index (χ3v) is 2.79. The molecule has 0 amide bonds. The van der Waals surface area contributed by atoms with Crippen molar-refractivity contribution in [2.45, 2.75) is 32.5 Å². The molecule has 1 aromatic rings. The Hall–Kier alpha value is -1.70. The van der Waals surface area contributed by atoms with E-state index in [0.29, 0.717) is 13.2 Å². The van der Waals surface area contributed by atoms with Crippen molar-refractivity contribution >= 4 is 5.69 Å². The lowest BCUT2D eigenvalue weighted by atomic mass is 10.2. The molecule has 0 spiro atoms. The first kappa shape index (κ1) is 17.4. The molecule has 0 radical (unpaired) electrons. The van der Waals surface area contributed by atoms with Crippen LogP contribution in [0.25, 0.3) is 0 Å². The maximum absolute atomic E-state index is 10.0. The first-order valence-corrected chi connectivity index (χ1v) is 7.01. The van der Waals surface area contributed by atoms with Crippen LogP contribution in [-0.2, 0) is 4.74 Å².